The lowest BCUT2D eigenvalue weighted by atomic mass is 10.0. The fourth-order valence-corrected chi connectivity index (χ4v) is 3.80. The summed E-state index contributed by atoms with van der Waals surface area (Å²) in [6.07, 6.45) is 6.95. The summed E-state index contributed by atoms with van der Waals surface area (Å²) in [6.45, 7) is 1.61. The van der Waals surface area contributed by atoms with Crippen LogP contribution in [0, 0.1) is 0 Å². The number of aliphatic hydroxyl groups is 1. The number of hydrogen-bond acceptors (Lipinski definition) is 6. The van der Waals surface area contributed by atoms with Crippen LogP contribution in [0.25, 0.3) is 0 Å². The monoisotopic (exact) mass is 473 g/mol. The molecule has 1 fully saturated rings. The summed E-state index contributed by atoms with van der Waals surface area (Å²) in [7, 11) is 0. The Hall–Kier alpha value is -2.58. The number of rotatable bonds is 6. The molecule has 158 valence electrons. The van der Waals surface area contributed by atoms with Crippen LogP contribution in [0.3, 0.4) is 0 Å². The van der Waals surface area contributed by atoms with Gasteiger partial charge < -0.3 is 24.8 Å². The Balaban J connectivity index is 1.54. The molecule has 30 heavy (non-hydrogen) atoms. The molecule has 0 spiro atoms. The summed E-state index contributed by atoms with van der Waals surface area (Å²) in [5, 5.41) is 13.8. The first kappa shape index (κ1) is 20.7. The van der Waals surface area contributed by atoms with Crippen LogP contribution in [0.4, 0.5) is 5.82 Å². The standard InChI is InChI=1S/C22H24BrN3O4/c23-16-5-9-21(24-13-16)25-17(15-4-8-19-20(12-15)30-14-29-19)6-7-18(27)22(28)26-10-2-1-3-11-26/h4-9,12-13,17-18,27H,1-3,10-11,14H2,(H,24,25)/b7-6-. The van der Waals surface area contributed by atoms with E-state index in [4.69, 9.17) is 9.47 Å². The average Bonchev–Trinajstić information content (AvgIpc) is 3.25. The largest absolute Gasteiger partial charge is 0.454 e. The first-order valence-corrected chi connectivity index (χ1v) is 10.8. The second-order valence-corrected chi connectivity index (χ2v) is 8.23. The molecular formula is C22H24BrN3O4. The second-order valence-electron chi connectivity index (χ2n) is 7.31. The van der Waals surface area contributed by atoms with Gasteiger partial charge in [-0.1, -0.05) is 12.1 Å². The summed E-state index contributed by atoms with van der Waals surface area (Å²) in [5.41, 5.74) is 0.901. The number of ether oxygens (including phenoxy) is 2. The van der Waals surface area contributed by atoms with Crippen molar-refractivity contribution in [3.8, 4) is 11.5 Å². The van der Waals surface area contributed by atoms with E-state index in [0.29, 0.717) is 30.4 Å². The highest BCUT2D eigenvalue weighted by atomic mass is 79.9. The Morgan fingerprint density at radius 1 is 1.13 bits per heavy atom. The maximum absolute atomic E-state index is 12.5. The summed E-state index contributed by atoms with van der Waals surface area (Å²) in [4.78, 5) is 18.6. The number of hydrogen-bond donors (Lipinski definition) is 2. The average molecular weight is 474 g/mol. The number of carbonyl (C=O) groups is 1. The third-order valence-corrected chi connectivity index (χ3v) is 5.66. The molecule has 1 saturated heterocycles. The number of fused-ring (bicyclic) bond motifs is 1. The number of pyridine rings is 1. The topological polar surface area (TPSA) is 83.9 Å². The highest BCUT2D eigenvalue weighted by Gasteiger charge is 2.23. The molecule has 0 aliphatic carbocycles. The lowest BCUT2D eigenvalue weighted by Gasteiger charge is -2.28. The third-order valence-electron chi connectivity index (χ3n) is 5.19. The van der Waals surface area contributed by atoms with Gasteiger partial charge in [-0.25, -0.2) is 4.98 Å². The molecule has 7 nitrogen and oxygen atoms in total. The van der Waals surface area contributed by atoms with Gasteiger partial charge in [0.25, 0.3) is 5.91 Å². The highest BCUT2D eigenvalue weighted by molar-refractivity contribution is 9.10. The van der Waals surface area contributed by atoms with Crippen molar-refractivity contribution in [2.75, 3.05) is 25.2 Å². The molecule has 1 amide bonds. The number of halogens is 1. The molecule has 8 heteroatoms. The van der Waals surface area contributed by atoms with Gasteiger partial charge in [-0.05, 0) is 71.1 Å². The van der Waals surface area contributed by atoms with Gasteiger partial charge in [-0.15, -0.1) is 0 Å². The lowest BCUT2D eigenvalue weighted by molar-refractivity contribution is -0.138. The predicted octanol–water partition coefficient (Wildman–Crippen LogP) is 3.66. The fourth-order valence-electron chi connectivity index (χ4n) is 3.57. The van der Waals surface area contributed by atoms with Gasteiger partial charge in [0.15, 0.2) is 17.6 Å². The van der Waals surface area contributed by atoms with E-state index in [1.54, 1.807) is 17.2 Å². The number of aliphatic hydroxyl groups excluding tert-OH is 1. The third kappa shape index (κ3) is 4.94. The molecule has 0 radical (unpaired) electrons. The minimum Gasteiger partial charge on any atom is -0.454 e. The van der Waals surface area contributed by atoms with E-state index in [2.05, 4.69) is 26.2 Å². The number of anilines is 1. The lowest BCUT2D eigenvalue weighted by Crippen LogP contribution is -2.41. The Morgan fingerprint density at radius 2 is 1.93 bits per heavy atom. The van der Waals surface area contributed by atoms with Crippen LogP contribution in [-0.2, 0) is 4.79 Å². The quantitative estimate of drug-likeness (QED) is 0.622. The zero-order chi connectivity index (χ0) is 20.9. The van der Waals surface area contributed by atoms with Crippen LogP contribution < -0.4 is 14.8 Å². The Morgan fingerprint density at radius 3 is 2.70 bits per heavy atom. The first-order valence-electron chi connectivity index (χ1n) is 10.0. The Kier molecular flexibility index (Phi) is 6.54. The SMILES string of the molecule is O=C(C(O)/C=C\C(Nc1ccc(Br)cn1)c1ccc2c(c1)OCO2)N1CCCCC1. The van der Waals surface area contributed by atoms with E-state index >= 15 is 0 Å². The summed E-state index contributed by atoms with van der Waals surface area (Å²) in [6, 6.07) is 9.09. The Labute approximate surface area is 183 Å². The minimum atomic E-state index is -1.18. The van der Waals surface area contributed by atoms with Crippen LogP contribution >= 0.6 is 15.9 Å². The van der Waals surface area contributed by atoms with Gasteiger partial charge in [0.1, 0.15) is 5.82 Å². The zero-order valence-electron chi connectivity index (χ0n) is 16.5. The molecule has 2 aliphatic rings. The smallest absolute Gasteiger partial charge is 0.255 e. The second kappa shape index (κ2) is 9.49. The predicted molar refractivity (Wildman–Crippen MR) is 116 cm³/mol. The van der Waals surface area contributed by atoms with Gasteiger partial charge in [0.05, 0.1) is 6.04 Å². The van der Waals surface area contributed by atoms with Gasteiger partial charge in [-0.3, -0.25) is 4.79 Å². The van der Waals surface area contributed by atoms with Crippen LogP contribution in [0.2, 0.25) is 0 Å². The molecule has 1 aromatic carbocycles. The maximum Gasteiger partial charge on any atom is 0.255 e. The number of piperidine rings is 1. The van der Waals surface area contributed by atoms with Crippen molar-refractivity contribution in [2.24, 2.45) is 0 Å². The molecule has 0 saturated carbocycles. The van der Waals surface area contributed by atoms with Crippen LogP contribution in [0.15, 0.2) is 53.2 Å². The number of carbonyl (C=O) groups excluding carboxylic acids is 1. The molecule has 2 aliphatic heterocycles. The van der Waals surface area contributed by atoms with E-state index < -0.39 is 6.10 Å². The molecular weight excluding hydrogens is 450 g/mol. The van der Waals surface area contributed by atoms with Gasteiger partial charge in [0.2, 0.25) is 6.79 Å². The van der Waals surface area contributed by atoms with Crippen molar-refractivity contribution in [3.63, 3.8) is 0 Å². The maximum atomic E-state index is 12.5. The molecule has 0 bridgehead atoms. The number of nitrogens with zero attached hydrogens (tertiary/aromatic N) is 2. The molecule has 3 heterocycles. The number of benzene rings is 1. The molecule has 2 aromatic rings. The van der Waals surface area contributed by atoms with Crippen molar-refractivity contribution in [3.05, 3.63) is 58.7 Å². The summed E-state index contributed by atoms with van der Waals surface area (Å²) >= 11 is 3.38. The van der Waals surface area contributed by atoms with Crippen LogP contribution in [0.1, 0.15) is 30.9 Å². The van der Waals surface area contributed by atoms with Crippen molar-refractivity contribution in [1.29, 1.82) is 0 Å². The number of amides is 1. The normalized spacial score (nSPS) is 17.7. The van der Waals surface area contributed by atoms with E-state index in [1.165, 1.54) is 6.08 Å². The molecule has 4 rings (SSSR count). The summed E-state index contributed by atoms with van der Waals surface area (Å²) in [5.74, 6) is 1.78. The van der Waals surface area contributed by atoms with Crippen molar-refractivity contribution in [2.45, 2.75) is 31.4 Å². The zero-order valence-corrected chi connectivity index (χ0v) is 18.0. The highest BCUT2D eigenvalue weighted by Crippen LogP contribution is 2.35. The first-order chi connectivity index (χ1) is 14.6. The van der Waals surface area contributed by atoms with Crippen LogP contribution in [-0.4, -0.2) is 46.9 Å². The molecule has 2 N–H and O–H groups in total. The molecule has 2 unspecified atom stereocenters. The number of likely N-dealkylation sites (tertiary alicyclic amines) is 1. The van der Waals surface area contributed by atoms with Gasteiger partial charge >= 0.3 is 0 Å². The van der Waals surface area contributed by atoms with Crippen molar-refractivity contribution in [1.82, 2.24) is 9.88 Å². The van der Waals surface area contributed by atoms with Gasteiger partial charge in [-0.2, -0.15) is 0 Å². The molecule has 2 atom stereocenters. The van der Waals surface area contributed by atoms with E-state index in [0.717, 1.165) is 29.3 Å². The summed E-state index contributed by atoms with van der Waals surface area (Å²) < 4.78 is 11.8. The van der Waals surface area contributed by atoms with Gasteiger partial charge in [0, 0.05) is 23.8 Å². The van der Waals surface area contributed by atoms with Crippen molar-refractivity contribution < 1.29 is 19.4 Å². The fraction of sp³-hybridized carbons (Fsp3) is 0.364. The van der Waals surface area contributed by atoms with E-state index in [1.807, 2.05) is 30.3 Å². The number of aromatic nitrogens is 1. The number of nitrogens with one attached hydrogen (secondary N) is 1. The van der Waals surface area contributed by atoms with Crippen molar-refractivity contribution >= 4 is 27.7 Å². The molecule has 1 aromatic heterocycles. The minimum absolute atomic E-state index is 0.198. The van der Waals surface area contributed by atoms with E-state index in [-0.39, 0.29) is 18.7 Å². The van der Waals surface area contributed by atoms with Crippen LogP contribution in [0.5, 0.6) is 11.5 Å². The van der Waals surface area contributed by atoms with E-state index in [9.17, 15) is 9.90 Å². The Bertz CT molecular complexity index is 913.